The maximum atomic E-state index is 12.4. The van der Waals surface area contributed by atoms with Gasteiger partial charge in [0.1, 0.15) is 5.75 Å². The highest BCUT2D eigenvalue weighted by atomic mass is 35.5. The summed E-state index contributed by atoms with van der Waals surface area (Å²) >= 11 is 11.9. The number of ether oxygens (including phenoxy) is 1. The van der Waals surface area contributed by atoms with E-state index in [-0.39, 0.29) is 18.4 Å². The lowest BCUT2D eigenvalue weighted by atomic mass is 10.2. The number of pyridine rings is 1. The summed E-state index contributed by atoms with van der Waals surface area (Å²) < 4.78 is 5.48. The lowest BCUT2D eigenvalue weighted by Crippen LogP contribution is -2.51. The Kier molecular flexibility index (Phi) is 5.96. The first kappa shape index (κ1) is 18.5. The third-order valence-corrected chi connectivity index (χ3v) is 4.62. The molecule has 0 saturated carbocycles. The number of piperazine rings is 1. The molecule has 2 amide bonds. The van der Waals surface area contributed by atoms with Crippen LogP contribution in [0.5, 0.6) is 5.75 Å². The van der Waals surface area contributed by atoms with Crippen LogP contribution in [0.2, 0.25) is 10.0 Å². The van der Waals surface area contributed by atoms with E-state index in [1.54, 1.807) is 52.5 Å². The van der Waals surface area contributed by atoms with Gasteiger partial charge in [0.25, 0.3) is 11.8 Å². The third kappa shape index (κ3) is 4.45. The van der Waals surface area contributed by atoms with E-state index in [1.165, 1.54) is 0 Å². The minimum atomic E-state index is -0.158. The van der Waals surface area contributed by atoms with Crippen LogP contribution in [0, 0.1) is 0 Å². The molecule has 1 aliphatic heterocycles. The second-order valence-corrected chi connectivity index (χ2v) is 6.62. The van der Waals surface area contributed by atoms with Crippen molar-refractivity contribution in [3.63, 3.8) is 0 Å². The molecule has 136 valence electrons. The first-order valence-corrected chi connectivity index (χ1v) is 8.85. The van der Waals surface area contributed by atoms with E-state index >= 15 is 0 Å². The van der Waals surface area contributed by atoms with Crippen LogP contribution in [-0.2, 0) is 4.79 Å². The van der Waals surface area contributed by atoms with Gasteiger partial charge in [0.2, 0.25) is 0 Å². The molecule has 0 spiro atoms. The number of aromatic nitrogens is 1. The van der Waals surface area contributed by atoms with Crippen LogP contribution >= 0.6 is 23.2 Å². The summed E-state index contributed by atoms with van der Waals surface area (Å²) in [5.74, 6) is 0.139. The highest BCUT2D eigenvalue weighted by Crippen LogP contribution is 2.27. The number of hydrogen-bond donors (Lipinski definition) is 0. The monoisotopic (exact) mass is 393 g/mol. The van der Waals surface area contributed by atoms with Gasteiger partial charge in [-0.3, -0.25) is 14.6 Å². The first-order valence-electron chi connectivity index (χ1n) is 8.09. The molecule has 0 atom stereocenters. The Bertz CT molecular complexity index is 794. The lowest BCUT2D eigenvalue weighted by Gasteiger charge is -2.34. The van der Waals surface area contributed by atoms with Crippen molar-refractivity contribution < 1.29 is 14.3 Å². The van der Waals surface area contributed by atoms with Crippen LogP contribution in [-0.4, -0.2) is 59.4 Å². The first-order chi connectivity index (χ1) is 12.5. The predicted molar refractivity (Wildman–Crippen MR) is 98.7 cm³/mol. The van der Waals surface area contributed by atoms with E-state index in [4.69, 9.17) is 27.9 Å². The van der Waals surface area contributed by atoms with Crippen LogP contribution in [0.4, 0.5) is 0 Å². The maximum Gasteiger partial charge on any atom is 0.260 e. The van der Waals surface area contributed by atoms with Gasteiger partial charge < -0.3 is 14.5 Å². The van der Waals surface area contributed by atoms with Crippen molar-refractivity contribution >= 4 is 35.0 Å². The molecular formula is C18H17Cl2N3O3. The van der Waals surface area contributed by atoms with Crippen LogP contribution in [0.3, 0.4) is 0 Å². The van der Waals surface area contributed by atoms with E-state index in [2.05, 4.69) is 4.98 Å². The summed E-state index contributed by atoms with van der Waals surface area (Å²) in [6.07, 6.45) is 3.17. The Hall–Kier alpha value is -2.31. The summed E-state index contributed by atoms with van der Waals surface area (Å²) in [6, 6.07) is 8.30. The van der Waals surface area contributed by atoms with Gasteiger partial charge in [0.15, 0.2) is 6.61 Å². The Balaban J connectivity index is 1.50. The maximum absolute atomic E-state index is 12.4. The highest BCUT2D eigenvalue weighted by molar-refractivity contribution is 6.34. The molecule has 0 bridgehead atoms. The van der Waals surface area contributed by atoms with Gasteiger partial charge in [-0.25, -0.2) is 0 Å². The number of carbonyl (C=O) groups excluding carboxylic acids is 2. The van der Waals surface area contributed by atoms with Gasteiger partial charge in [0, 0.05) is 49.7 Å². The van der Waals surface area contributed by atoms with Gasteiger partial charge >= 0.3 is 0 Å². The van der Waals surface area contributed by atoms with Crippen molar-refractivity contribution in [2.75, 3.05) is 32.8 Å². The van der Waals surface area contributed by atoms with Gasteiger partial charge in [-0.15, -0.1) is 0 Å². The zero-order valence-electron chi connectivity index (χ0n) is 13.9. The second-order valence-electron chi connectivity index (χ2n) is 5.78. The molecule has 1 fully saturated rings. The molecule has 0 N–H and O–H groups in total. The van der Waals surface area contributed by atoms with E-state index in [0.29, 0.717) is 47.5 Å². The Morgan fingerprint density at radius 1 is 1.08 bits per heavy atom. The molecule has 6 nitrogen and oxygen atoms in total. The fourth-order valence-corrected chi connectivity index (χ4v) is 2.98. The van der Waals surface area contributed by atoms with Crippen LogP contribution in [0.1, 0.15) is 10.4 Å². The van der Waals surface area contributed by atoms with Crippen molar-refractivity contribution in [2.24, 2.45) is 0 Å². The zero-order valence-corrected chi connectivity index (χ0v) is 15.4. The minimum absolute atomic E-state index is 0.0767. The van der Waals surface area contributed by atoms with E-state index in [9.17, 15) is 9.59 Å². The largest absolute Gasteiger partial charge is 0.482 e. The topological polar surface area (TPSA) is 62.7 Å². The van der Waals surface area contributed by atoms with Crippen LogP contribution < -0.4 is 4.74 Å². The molecule has 1 aromatic carbocycles. The van der Waals surface area contributed by atoms with Gasteiger partial charge in [-0.05, 0) is 24.3 Å². The molecule has 0 unspecified atom stereocenters. The smallest absolute Gasteiger partial charge is 0.260 e. The number of hydrogen-bond acceptors (Lipinski definition) is 4. The number of carbonyl (C=O) groups is 2. The molecule has 1 saturated heterocycles. The quantitative estimate of drug-likeness (QED) is 0.800. The van der Waals surface area contributed by atoms with Gasteiger partial charge in [-0.1, -0.05) is 23.2 Å². The Morgan fingerprint density at radius 3 is 2.50 bits per heavy atom. The lowest BCUT2D eigenvalue weighted by molar-refractivity contribution is -0.134. The fraction of sp³-hybridized carbons (Fsp3) is 0.278. The molecule has 0 aliphatic carbocycles. The summed E-state index contributed by atoms with van der Waals surface area (Å²) in [4.78, 5) is 32.1. The molecule has 26 heavy (non-hydrogen) atoms. The zero-order chi connectivity index (χ0) is 18.5. The van der Waals surface area contributed by atoms with Gasteiger partial charge in [0.05, 0.1) is 10.6 Å². The Morgan fingerprint density at radius 2 is 1.81 bits per heavy atom. The SMILES string of the molecule is O=C(COc1cc(Cl)ccc1Cl)N1CCN(C(=O)c2cccnc2)CC1. The summed E-state index contributed by atoms with van der Waals surface area (Å²) in [5.41, 5.74) is 0.547. The summed E-state index contributed by atoms with van der Waals surface area (Å²) in [6.45, 7) is 1.72. The molecule has 2 aromatic rings. The van der Waals surface area contributed by atoms with Crippen molar-refractivity contribution in [3.8, 4) is 5.75 Å². The van der Waals surface area contributed by atoms with Gasteiger partial charge in [-0.2, -0.15) is 0 Å². The third-order valence-electron chi connectivity index (χ3n) is 4.07. The van der Waals surface area contributed by atoms with Crippen molar-refractivity contribution in [1.82, 2.24) is 14.8 Å². The van der Waals surface area contributed by atoms with Crippen molar-refractivity contribution in [2.45, 2.75) is 0 Å². The van der Waals surface area contributed by atoms with E-state index in [0.717, 1.165) is 0 Å². The number of nitrogens with zero attached hydrogens (tertiary/aromatic N) is 3. The fourth-order valence-electron chi connectivity index (χ4n) is 2.65. The molecule has 0 radical (unpaired) electrons. The highest BCUT2D eigenvalue weighted by Gasteiger charge is 2.25. The van der Waals surface area contributed by atoms with Crippen LogP contribution in [0.15, 0.2) is 42.7 Å². The van der Waals surface area contributed by atoms with Crippen LogP contribution in [0.25, 0.3) is 0 Å². The minimum Gasteiger partial charge on any atom is -0.482 e. The number of halogens is 2. The molecule has 1 aliphatic rings. The number of amides is 2. The molecule has 3 rings (SSSR count). The predicted octanol–water partition coefficient (Wildman–Crippen LogP) is 2.75. The summed E-state index contributed by atoms with van der Waals surface area (Å²) in [7, 11) is 0. The molecule has 1 aromatic heterocycles. The van der Waals surface area contributed by atoms with E-state index in [1.807, 2.05) is 0 Å². The average Bonchev–Trinajstić information content (AvgIpc) is 2.68. The van der Waals surface area contributed by atoms with Crippen molar-refractivity contribution in [1.29, 1.82) is 0 Å². The number of benzene rings is 1. The van der Waals surface area contributed by atoms with E-state index < -0.39 is 0 Å². The molecular weight excluding hydrogens is 377 g/mol. The average molecular weight is 394 g/mol. The second kappa shape index (κ2) is 8.38. The normalized spacial score (nSPS) is 14.2. The standard InChI is InChI=1S/C18H17Cl2N3O3/c19-14-3-4-15(20)16(10-14)26-12-17(24)22-6-8-23(9-7-22)18(25)13-2-1-5-21-11-13/h1-5,10-11H,6-9,12H2. The summed E-state index contributed by atoms with van der Waals surface area (Å²) in [5, 5.41) is 0.883. The molecule has 2 heterocycles. The molecule has 8 heteroatoms. The number of rotatable bonds is 4. The Labute approximate surface area is 161 Å². The van der Waals surface area contributed by atoms with Crippen molar-refractivity contribution in [3.05, 3.63) is 58.3 Å².